The van der Waals surface area contributed by atoms with E-state index in [4.69, 9.17) is 4.74 Å². The smallest absolute Gasteiger partial charge is 0.236 e. The van der Waals surface area contributed by atoms with Gasteiger partial charge in [0.25, 0.3) is 0 Å². The molecule has 1 saturated heterocycles. The zero-order valence-corrected chi connectivity index (χ0v) is 9.32. The van der Waals surface area contributed by atoms with Gasteiger partial charge in [-0.2, -0.15) is 0 Å². The molecule has 1 amide bonds. The molecule has 1 aliphatic heterocycles. The second-order valence-electron chi connectivity index (χ2n) is 3.89. The molecular formula is C10H20N2O3. The molecule has 0 aromatic rings. The van der Waals surface area contributed by atoms with Crippen molar-refractivity contribution in [3.8, 4) is 0 Å². The van der Waals surface area contributed by atoms with Gasteiger partial charge in [-0.1, -0.05) is 6.92 Å². The normalized spacial score (nSPS) is 27.7. The Hall–Kier alpha value is -0.650. The molecule has 1 fully saturated rings. The van der Waals surface area contributed by atoms with Gasteiger partial charge in [0.05, 0.1) is 31.4 Å². The average molecular weight is 216 g/mol. The maximum absolute atomic E-state index is 11.5. The molecule has 0 aliphatic carbocycles. The zero-order valence-electron chi connectivity index (χ0n) is 9.32. The highest BCUT2D eigenvalue weighted by Gasteiger charge is 2.28. The van der Waals surface area contributed by atoms with E-state index in [0.717, 1.165) is 6.42 Å². The number of carbonyl (C=O) groups is 1. The lowest BCUT2D eigenvalue weighted by Gasteiger charge is -2.20. The Kier molecular flexibility index (Phi) is 5.01. The van der Waals surface area contributed by atoms with E-state index in [1.165, 1.54) is 0 Å². The van der Waals surface area contributed by atoms with Crippen LogP contribution in [0.2, 0.25) is 0 Å². The van der Waals surface area contributed by atoms with E-state index in [0.29, 0.717) is 19.8 Å². The van der Waals surface area contributed by atoms with E-state index >= 15 is 0 Å². The van der Waals surface area contributed by atoms with Crippen LogP contribution in [0.4, 0.5) is 0 Å². The molecular weight excluding hydrogens is 196 g/mol. The van der Waals surface area contributed by atoms with Crippen LogP contribution < -0.4 is 10.6 Å². The van der Waals surface area contributed by atoms with Crippen molar-refractivity contribution in [2.24, 2.45) is 0 Å². The predicted molar refractivity (Wildman–Crippen MR) is 56.5 cm³/mol. The van der Waals surface area contributed by atoms with Gasteiger partial charge in [-0.05, 0) is 13.3 Å². The fourth-order valence-electron chi connectivity index (χ4n) is 1.50. The third-order valence-electron chi connectivity index (χ3n) is 2.46. The molecule has 0 spiro atoms. The van der Waals surface area contributed by atoms with Gasteiger partial charge in [0, 0.05) is 6.54 Å². The maximum atomic E-state index is 11.5. The van der Waals surface area contributed by atoms with Crippen molar-refractivity contribution in [2.45, 2.75) is 38.5 Å². The van der Waals surface area contributed by atoms with E-state index < -0.39 is 6.10 Å². The van der Waals surface area contributed by atoms with Crippen LogP contribution in [0.3, 0.4) is 0 Å². The highest BCUT2D eigenvalue weighted by atomic mass is 16.5. The van der Waals surface area contributed by atoms with E-state index in [9.17, 15) is 9.90 Å². The Labute approximate surface area is 90.2 Å². The Morgan fingerprint density at radius 2 is 2.33 bits per heavy atom. The monoisotopic (exact) mass is 216 g/mol. The first-order valence-corrected chi connectivity index (χ1v) is 5.44. The van der Waals surface area contributed by atoms with Crippen molar-refractivity contribution in [1.29, 1.82) is 0 Å². The predicted octanol–water partition coefficient (Wildman–Crippen LogP) is -0.750. The summed E-state index contributed by atoms with van der Waals surface area (Å²) in [6.07, 6.45) is 0.416. The summed E-state index contributed by atoms with van der Waals surface area (Å²) >= 11 is 0. The summed E-state index contributed by atoms with van der Waals surface area (Å²) in [7, 11) is 0. The lowest BCUT2D eigenvalue weighted by molar-refractivity contribution is -0.123. The van der Waals surface area contributed by atoms with Crippen LogP contribution in [0.15, 0.2) is 0 Å². The number of ether oxygens (including phenoxy) is 1. The summed E-state index contributed by atoms with van der Waals surface area (Å²) in [6.45, 7) is 5.30. The van der Waals surface area contributed by atoms with Crippen LogP contribution in [0.25, 0.3) is 0 Å². The molecule has 0 saturated carbocycles. The summed E-state index contributed by atoms with van der Waals surface area (Å²) in [5.41, 5.74) is 0. The molecule has 3 unspecified atom stereocenters. The van der Waals surface area contributed by atoms with Gasteiger partial charge in [-0.3, -0.25) is 10.1 Å². The number of aliphatic hydroxyl groups excluding tert-OH is 1. The van der Waals surface area contributed by atoms with Gasteiger partial charge >= 0.3 is 0 Å². The lowest BCUT2D eigenvalue weighted by Crippen LogP contribution is -2.50. The highest BCUT2D eigenvalue weighted by Crippen LogP contribution is 2.05. The Bertz CT molecular complexity index is 211. The Morgan fingerprint density at radius 1 is 1.60 bits per heavy atom. The number of hydrogen-bond donors (Lipinski definition) is 3. The summed E-state index contributed by atoms with van der Waals surface area (Å²) < 4.78 is 5.09. The van der Waals surface area contributed by atoms with Crippen molar-refractivity contribution in [3.05, 3.63) is 0 Å². The third-order valence-corrected chi connectivity index (χ3v) is 2.46. The van der Waals surface area contributed by atoms with Crippen molar-refractivity contribution < 1.29 is 14.6 Å². The van der Waals surface area contributed by atoms with Crippen molar-refractivity contribution in [2.75, 3.05) is 19.8 Å². The second kappa shape index (κ2) is 6.05. The maximum Gasteiger partial charge on any atom is 0.236 e. The molecule has 0 bridgehead atoms. The molecule has 0 radical (unpaired) electrons. The Balaban J connectivity index is 2.27. The molecule has 1 rings (SSSR count). The molecule has 3 atom stereocenters. The minimum absolute atomic E-state index is 0.0315. The Morgan fingerprint density at radius 3 is 2.87 bits per heavy atom. The molecule has 88 valence electrons. The quantitative estimate of drug-likeness (QED) is 0.565. The van der Waals surface area contributed by atoms with Crippen molar-refractivity contribution in [3.63, 3.8) is 0 Å². The van der Waals surface area contributed by atoms with Crippen molar-refractivity contribution in [1.82, 2.24) is 10.6 Å². The number of nitrogens with one attached hydrogen (secondary N) is 2. The average Bonchev–Trinajstić information content (AvgIpc) is 2.61. The summed E-state index contributed by atoms with van der Waals surface area (Å²) in [6, 6.07) is -0.426. The molecule has 0 aromatic carbocycles. The van der Waals surface area contributed by atoms with Crippen LogP contribution >= 0.6 is 0 Å². The SMILES string of the molecule is CCCNC(=O)C(C)NC1COCC1O. The molecule has 3 N–H and O–H groups in total. The van der Waals surface area contributed by atoms with Gasteiger partial charge in [-0.15, -0.1) is 0 Å². The number of rotatable bonds is 5. The van der Waals surface area contributed by atoms with Crippen LogP contribution in [0.1, 0.15) is 20.3 Å². The molecule has 1 heterocycles. The summed E-state index contributed by atoms with van der Waals surface area (Å²) in [5.74, 6) is -0.0315. The first kappa shape index (κ1) is 12.4. The van der Waals surface area contributed by atoms with Gasteiger partial charge in [0.1, 0.15) is 0 Å². The van der Waals surface area contributed by atoms with E-state index in [2.05, 4.69) is 10.6 Å². The zero-order chi connectivity index (χ0) is 11.3. The standard InChI is InChI=1S/C10H20N2O3/c1-3-4-11-10(14)7(2)12-8-5-15-6-9(8)13/h7-9,12-13H,3-6H2,1-2H3,(H,11,14). The first-order chi connectivity index (χ1) is 7.15. The second-order valence-corrected chi connectivity index (χ2v) is 3.89. The minimum Gasteiger partial charge on any atom is -0.389 e. The lowest BCUT2D eigenvalue weighted by atomic mass is 10.2. The molecule has 15 heavy (non-hydrogen) atoms. The molecule has 0 aromatic heterocycles. The number of aliphatic hydroxyl groups is 1. The van der Waals surface area contributed by atoms with Crippen LogP contribution in [-0.4, -0.2) is 49.0 Å². The molecule has 1 aliphatic rings. The number of hydrogen-bond acceptors (Lipinski definition) is 4. The fourth-order valence-corrected chi connectivity index (χ4v) is 1.50. The van der Waals surface area contributed by atoms with Crippen molar-refractivity contribution >= 4 is 5.91 Å². The topological polar surface area (TPSA) is 70.6 Å². The van der Waals surface area contributed by atoms with Gasteiger partial charge in [0.15, 0.2) is 0 Å². The van der Waals surface area contributed by atoms with E-state index in [1.807, 2.05) is 6.92 Å². The summed E-state index contributed by atoms with van der Waals surface area (Å²) in [5, 5.41) is 15.3. The third kappa shape index (κ3) is 3.77. The largest absolute Gasteiger partial charge is 0.389 e. The van der Waals surface area contributed by atoms with Gasteiger partial charge in [0.2, 0.25) is 5.91 Å². The van der Waals surface area contributed by atoms with E-state index in [1.54, 1.807) is 6.92 Å². The van der Waals surface area contributed by atoms with Crippen LogP contribution in [0, 0.1) is 0 Å². The molecule has 5 nitrogen and oxygen atoms in total. The van der Waals surface area contributed by atoms with Crippen LogP contribution in [0.5, 0.6) is 0 Å². The fraction of sp³-hybridized carbons (Fsp3) is 0.900. The highest BCUT2D eigenvalue weighted by molar-refractivity contribution is 5.81. The number of carbonyl (C=O) groups excluding carboxylic acids is 1. The van der Waals surface area contributed by atoms with Gasteiger partial charge < -0.3 is 15.2 Å². The van der Waals surface area contributed by atoms with E-state index in [-0.39, 0.29) is 18.0 Å². The first-order valence-electron chi connectivity index (χ1n) is 5.44. The minimum atomic E-state index is -0.508. The van der Waals surface area contributed by atoms with Gasteiger partial charge in [-0.25, -0.2) is 0 Å². The summed E-state index contributed by atoms with van der Waals surface area (Å²) in [4.78, 5) is 11.5. The number of amides is 1. The van der Waals surface area contributed by atoms with Crippen LogP contribution in [-0.2, 0) is 9.53 Å². The molecule has 5 heteroatoms.